The van der Waals surface area contributed by atoms with Crippen LogP contribution in [0, 0.1) is 17.7 Å². The van der Waals surface area contributed by atoms with E-state index < -0.39 is 11.8 Å². The van der Waals surface area contributed by atoms with Crippen LogP contribution in [0.3, 0.4) is 0 Å². The molecule has 2 N–H and O–H groups in total. The number of aliphatic carboxylic acids is 1. The maximum absolute atomic E-state index is 14.5. The maximum Gasteiger partial charge on any atom is 0.373 e. The molecular formula is C29H39FN6O7. The zero-order chi connectivity index (χ0) is 31.9. The number of hydrogen-bond donors (Lipinski definition) is 2. The van der Waals surface area contributed by atoms with Crippen LogP contribution >= 0.6 is 0 Å². The molecule has 2 fully saturated rings. The molecule has 0 bridgehead atoms. The standard InChI is InChI=1S/C25H35FN6O3.C3H4O2.CO2/c1-4-21-23(28-29-32(21)22-8-6-5-7-20(22)26)25(34)31(16-17(2)3)19-13-18(14-27-15-19)24(33)30-9-11-35-12-10-30;1-2-3(4)5;2-1-3/h5-8,17-19,27H,4,9-16H2,1-3H3;2H,1H2,(H,4,5);/t18-,19+;;/m1../s1. The maximum atomic E-state index is 14.5. The van der Waals surface area contributed by atoms with Crippen molar-refractivity contribution in [2.45, 2.75) is 39.7 Å². The predicted molar refractivity (Wildman–Crippen MR) is 152 cm³/mol. The van der Waals surface area contributed by atoms with Crippen LogP contribution in [0.5, 0.6) is 0 Å². The number of carbonyl (C=O) groups excluding carboxylic acids is 4. The van der Waals surface area contributed by atoms with E-state index in [-0.39, 0.29) is 47.2 Å². The molecule has 0 spiro atoms. The number of benzene rings is 1. The number of amides is 2. The van der Waals surface area contributed by atoms with Gasteiger partial charge in [0.25, 0.3) is 5.91 Å². The number of carboxylic acid groups (broad SMARTS) is 1. The van der Waals surface area contributed by atoms with Gasteiger partial charge in [0, 0.05) is 44.8 Å². The second kappa shape index (κ2) is 17.6. The van der Waals surface area contributed by atoms with Crippen molar-refractivity contribution in [2.75, 3.05) is 45.9 Å². The number of nitrogens with one attached hydrogen (secondary N) is 1. The summed E-state index contributed by atoms with van der Waals surface area (Å²) in [6, 6.07) is 6.17. The summed E-state index contributed by atoms with van der Waals surface area (Å²) in [4.78, 5) is 56.2. The molecule has 43 heavy (non-hydrogen) atoms. The molecule has 0 saturated carbocycles. The first-order valence-electron chi connectivity index (χ1n) is 14.0. The Labute approximate surface area is 249 Å². The number of rotatable bonds is 8. The summed E-state index contributed by atoms with van der Waals surface area (Å²) in [6.07, 6.45) is 2.14. The summed E-state index contributed by atoms with van der Waals surface area (Å²) in [7, 11) is 0. The number of hydrogen-bond acceptors (Lipinski definition) is 9. The number of ether oxygens (including phenoxy) is 1. The van der Waals surface area contributed by atoms with E-state index in [9.17, 15) is 18.8 Å². The van der Waals surface area contributed by atoms with Crippen LogP contribution in [0.15, 0.2) is 36.9 Å². The van der Waals surface area contributed by atoms with Gasteiger partial charge in [0.2, 0.25) is 5.91 Å². The molecule has 2 aromatic rings. The molecule has 1 aromatic heterocycles. The molecule has 4 rings (SSSR count). The molecule has 0 unspecified atom stereocenters. The lowest BCUT2D eigenvalue weighted by Gasteiger charge is -2.40. The molecular weight excluding hydrogens is 563 g/mol. The van der Waals surface area contributed by atoms with E-state index in [0.717, 1.165) is 6.08 Å². The van der Waals surface area contributed by atoms with Gasteiger partial charge < -0.3 is 25.0 Å². The minimum absolute atomic E-state index is 0.113. The van der Waals surface area contributed by atoms with Gasteiger partial charge in [0.1, 0.15) is 11.5 Å². The van der Waals surface area contributed by atoms with E-state index in [1.807, 2.05) is 16.7 Å². The largest absolute Gasteiger partial charge is 0.478 e. The minimum Gasteiger partial charge on any atom is -0.478 e. The smallest absolute Gasteiger partial charge is 0.373 e. The topological polar surface area (TPSA) is 164 Å². The third-order valence-electron chi connectivity index (χ3n) is 6.82. The van der Waals surface area contributed by atoms with E-state index in [2.05, 4.69) is 36.1 Å². The van der Waals surface area contributed by atoms with E-state index in [1.165, 1.54) is 10.7 Å². The highest BCUT2D eigenvalue weighted by Gasteiger charge is 2.37. The third-order valence-corrected chi connectivity index (χ3v) is 6.82. The number of piperidine rings is 1. The van der Waals surface area contributed by atoms with Crippen LogP contribution in [-0.2, 0) is 30.3 Å². The number of nitrogens with zero attached hydrogens (tertiary/aromatic N) is 5. The van der Waals surface area contributed by atoms with Crippen LogP contribution in [0.2, 0.25) is 0 Å². The van der Waals surface area contributed by atoms with Crippen LogP contribution in [-0.4, -0.2) is 106 Å². The zero-order valence-electron chi connectivity index (χ0n) is 24.7. The summed E-state index contributed by atoms with van der Waals surface area (Å²) in [5.74, 6) is -1.50. The third kappa shape index (κ3) is 9.91. The Kier molecular flexibility index (Phi) is 14.3. The predicted octanol–water partition coefficient (Wildman–Crippen LogP) is 1.58. The normalized spacial score (nSPS) is 17.8. The summed E-state index contributed by atoms with van der Waals surface area (Å²) >= 11 is 0. The first-order valence-corrected chi connectivity index (χ1v) is 14.0. The van der Waals surface area contributed by atoms with E-state index >= 15 is 0 Å². The number of aromatic nitrogens is 3. The fourth-order valence-corrected chi connectivity index (χ4v) is 4.92. The van der Waals surface area contributed by atoms with Crippen LogP contribution in [0.1, 0.15) is 43.4 Å². The Morgan fingerprint density at radius 1 is 1.23 bits per heavy atom. The Balaban J connectivity index is 0.000000719. The first-order chi connectivity index (χ1) is 20.6. The fourth-order valence-electron chi connectivity index (χ4n) is 4.92. The van der Waals surface area contributed by atoms with Gasteiger partial charge >= 0.3 is 12.1 Å². The van der Waals surface area contributed by atoms with Crippen molar-refractivity contribution >= 4 is 23.9 Å². The molecule has 1 aromatic carbocycles. The molecule has 234 valence electrons. The summed E-state index contributed by atoms with van der Waals surface area (Å²) in [5, 5.41) is 19.3. The van der Waals surface area contributed by atoms with Crippen LogP contribution in [0.4, 0.5) is 4.39 Å². The fraction of sp³-hybridized carbons (Fsp3) is 0.517. The van der Waals surface area contributed by atoms with Gasteiger partial charge in [-0.1, -0.05) is 44.7 Å². The van der Waals surface area contributed by atoms with Gasteiger partial charge in [-0.25, -0.2) is 13.9 Å². The van der Waals surface area contributed by atoms with Gasteiger partial charge in [0.15, 0.2) is 5.69 Å². The lowest BCUT2D eigenvalue weighted by Crippen LogP contribution is -2.56. The highest BCUT2D eigenvalue weighted by molar-refractivity contribution is 5.94. The van der Waals surface area contributed by atoms with E-state index in [0.29, 0.717) is 64.5 Å². The lowest BCUT2D eigenvalue weighted by atomic mass is 9.92. The van der Waals surface area contributed by atoms with Crippen molar-refractivity contribution in [1.29, 1.82) is 0 Å². The number of morpholine rings is 1. The highest BCUT2D eigenvalue weighted by atomic mass is 19.1. The summed E-state index contributed by atoms with van der Waals surface area (Å²) in [5.41, 5.74) is 1.07. The Hall–Kier alpha value is -4.26. The van der Waals surface area contributed by atoms with E-state index in [1.54, 1.807) is 18.2 Å². The molecule has 14 heteroatoms. The second-order valence-corrected chi connectivity index (χ2v) is 10.3. The van der Waals surface area contributed by atoms with Gasteiger partial charge in [-0.3, -0.25) is 9.59 Å². The Morgan fingerprint density at radius 2 is 1.86 bits per heavy atom. The molecule has 0 radical (unpaired) electrons. The van der Waals surface area contributed by atoms with Gasteiger partial charge in [0.05, 0.1) is 24.8 Å². The zero-order valence-corrected chi connectivity index (χ0v) is 24.7. The van der Waals surface area contributed by atoms with Crippen LogP contribution in [0.25, 0.3) is 5.69 Å². The molecule has 2 saturated heterocycles. The Bertz CT molecular complexity index is 1270. The number of para-hydroxylation sites is 1. The summed E-state index contributed by atoms with van der Waals surface area (Å²) < 4.78 is 21.3. The quantitative estimate of drug-likeness (QED) is 0.424. The second-order valence-electron chi connectivity index (χ2n) is 10.3. The Morgan fingerprint density at radius 3 is 2.42 bits per heavy atom. The minimum atomic E-state index is -0.981. The van der Waals surface area contributed by atoms with Crippen molar-refractivity contribution in [1.82, 2.24) is 30.1 Å². The monoisotopic (exact) mass is 602 g/mol. The molecule has 2 aliphatic heterocycles. The van der Waals surface area contributed by atoms with Crippen molar-refractivity contribution < 1.29 is 38.2 Å². The van der Waals surface area contributed by atoms with E-state index in [4.69, 9.17) is 19.4 Å². The SMILES string of the molecule is C=CC(=O)O.CCc1c(C(=O)N(CC(C)C)[C@@H]2CNC[C@H](C(=O)N3CCOCC3)C2)nnn1-c1ccccc1F.O=C=O. The van der Waals surface area contributed by atoms with Crippen molar-refractivity contribution in [2.24, 2.45) is 11.8 Å². The average Bonchev–Trinajstić information content (AvgIpc) is 3.44. The lowest BCUT2D eigenvalue weighted by molar-refractivity contribution is -0.191. The molecule has 2 atom stereocenters. The van der Waals surface area contributed by atoms with Crippen molar-refractivity contribution in [3.63, 3.8) is 0 Å². The summed E-state index contributed by atoms with van der Waals surface area (Å²) in [6.45, 7) is 13.0. The molecule has 0 aliphatic carbocycles. The number of carboxylic acids is 1. The number of carbonyl (C=O) groups is 3. The highest BCUT2D eigenvalue weighted by Crippen LogP contribution is 2.24. The molecule has 2 aliphatic rings. The average molecular weight is 603 g/mol. The van der Waals surface area contributed by atoms with Crippen molar-refractivity contribution in [3.05, 3.63) is 54.1 Å². The van der Waals surface area contributed by atoms with Gasteiger partial charge in [-0.05, 0) is 30.9 Å². The van der Waals surface area contributed by atoms with Crippen molar-refractivity contribution in [3.8, 4) is 5.69 Å². The van der Waals surface area contributed by atoms with Crippen LogP contribution < -0.4 is 5.32 Å². The first kappa shape index (κ1) is 34.9. The van der Waals surface area contributed by atoms with Gasteiger partial charge in [-0.2, -0.15) is 9.59 Å². The van der Waals surface area contributed by atoms with Gasteiger partial charge in [-0.15, -0.1) is 5.10 Å². The molecule has 13 nitrogen and oxygen atoms in total. The molecule has 2 amide bonds. The number of halogens is 1. The molecule has 3 heterocycles.